The molecule has 1 unspecified atom stereocenters. The normalized spacial score (nSPS) is 26.2. The Bertz CT molecular complexity index is 492. The molecule has 134 valence electrons. The van der Waals surface area contributed by atoms with Gasteiger partial charge in [0.25, 0.3) is 0 Å². The van der Waals surface area contributed by atoms with Gasteiger partial charge in [-0.05, 0) is 12.8 Å². The average molecular weight is 338 g/mol. The zero-order valence-electron chi connectivity index (χ0n) is 14.0. The maximum atomic E-state index is 12.5. The Kier molecular flexibility index (Phi) is 5.68. The van der Waals surface area contributed by atoms with Crippen molar-refractivity contribution >= 4 is 17.7 Å². The summed E-state index contributed by atoms with van der Waals surface area (Å²) < 4.78 is 5.28. The zero-order valence-corrected chi connectivity index (χ0v) is 14.0. The average Bonchev–Trinajstić information content (AvgIpc) is 2.90. The smallest absolute Gasteiger partial charge is 0.245 e. The number of amides is 3. The second-order valence-corrected chi connectivity index (χ2v) is 6.61. The van der Waals surface area contributed by atoms with Crippen molar-refractivity contribution in [2.45, 2.75) is 25.3 Å². The second kappa shape index (κ2) is 7.94. The highest BCUT2D eigenvalue weighted by Gasteiger charge is 2.31. The van der Waals surface area contributed by atoms with Crippen molar-refractivity contribution < 1.29 is 19.1 Å². The highest BCUT2D eigenvalue weighted by Crippen LogP contribution is 2.12. The Morgan fingerprint density at radius 3 is 2.54 bits per heavy atom. The molecule has 0 aromatic carbocycles. The van der Waals surface area contributed by atoms with E-state index in [1.165, 1.54) is 0 Å². The van der Waals surface area contributed by atoms with Crippen LogP contribution < -0.4 is 5.32 Å². The van der Waals surface area contributed by atoms with Crippen LogP contribution in [0.15, 0.2) is 0 Å². The lowest BCUT2D eigenvalue weighted by atomic mass is 10.2. The van der Waals surface area contributed by atoms with Crippen LogP contribution in [0.2, 0.25) is 0 Å². The largest absolute Gasteiger partial charge is 0.378 e. The third-order valence-corrected chi connectivity index (χ3v) is 4.92. The van der Waals surface area contributed by atoms with E-state index in [1.807, 2.05) is 9.80 Å². The molecule has 1 atom stereocenters. The highest BCUT2D eigenvalue weighted by molar-refractivity contribution is 5.90. The molecular weight excluding hydrogens is 312 g/mol. The molecule has 0 radical (unpaired) electrons. The van der Waals surface area contributed by atoms with Gasteiger partial charge in [-0.2, -0.15) is 0 Å². The van der Waals surface area contributed by atoms with Gasteiger partial charge in [0.1, 0.15) is 6.04 Å². The van der Waals surface area contributed by atoms with Crippen molar-refractivity contribution in [3.05, 3.63) is 0 Å². The van der Waals surface area contributed by atoms with E-state index in [0.717, 1.165) is 13.0 Å². The summed E-state index contributed by atoms with van der Waals surface area (Å²) in [6.45, 7) is 5.77. The molecule has 3 rings (SSSR count). The Morgan fingerprint density at radius 1 is 1.04 bits per heavy atom. The van der Waals surface area contributed by atoms with Gasteiger partial charge in [0, 0.05) is 45.7 Å². The number of nitrogens with zero attached hydrogens (tertiary/aromatic N) is 3. The van der Waals surface area contributed by atoms with E-state index in [2.05, 4.69) is 10.2 Å². The molecule has 0 aromatic heterocycles. The van der Waals surface area contributed by atoms with Crippen LogP contribution in [0.25, 0.3) is 0 Å². The number of rotatable bonds is 3. The van der Waals surface area contributed by atoms with Gasteiger partial charge in [0.2, 0.25) is 17.7 Å². The molecule has 8 heteroatoms. The predicted molar refractivity (Wildman–Crippen MR) is 86.2 cm³/mol. The summed E-state index contributed by atoms with van der Waals surface area (Å²) in [5.74, 6) is 0.115. The first kappa shape index (κ1) is 17.2. The molecule has 3 saturated heterocycles. The molecule has 24 heavy (non-hydrogen) atoms. The molecule has 8 nitrogen and oxygen atoms in total. The molecule has 0 aliphatic carbocycles. The Labute approximate surface area is 142 Å². The van der Waals surface area contributed by atoms with Crippen LogP contribution in [0.1, 0.15) is 19.3 Å². The van der Waals surface area contributed by atoms with Crippen LogP contribution in [0, 0.1) is 0 Å². The maximum Gasteiger partial charge on any atom is 0.245 e. The first-order valence-electron chi connectivity index (χ1n) is 8.79. The van der Waals surface area contributed by atoms with Crippen molar-refractivity contribution in [2.75, 3.05) is 59.0 Å². The van der Waals surface area contributed by atoms with Gasteiger partial charge in [-0.15, -0.1) is 0 Å². The number of carbonyl (C=O) groups is 3. The summed E-state index contributed by atoms with van der Waals surface area (Å²) in [5.41, 5.74) is 0. The van der Waals surface area contributed by atoms with Gasteiger partial charge < -0.3 is 19.9 Å². The molecule has 3 aliphatic rings. The van der Waals surface area contributed by atoms with Gasteiger partial charge in [-0.3, -0.25) is 19.3 Å². The van der Waals surface area contributed by atoms with Gasteiger partial charge in [-0.25, -0.2) is 0 Å². The third-order valence-electron chi connectivity index (χ3n) is 4.92. The molecule has 3 amide bonds. The van der Waals surface area contributed by atoms with Crippen molar-refractivity contribution in [3.63, 3.8) is 0 Å². The van der Waals surface area contributed by atoms with Crippen molar-refractivity contribution in [3.8, 4) is 0 Å². The summed E-state index contributed by atoms with van der Waals surface area (Å²) in [6, 6.07) is -0.362. The van der Waals surface area contributed by atoms with Crippen LogP contribution in [0.3, 0.4) is 0 Å². The lowest BCUT2D eigenvalue weighted by molar-refractivity contribution is -0.136. The molecule has 0 spiro atoms. The van der Waals surface area contributed by atoms with Crippen LogP contribution in [0.4, 0.5) is 0 Å². The number of morpholine rings is 1. The molecule has 0 aromatic rings. The second-order valence-electron chi connectivity index (χ2n) is 6.61. The minimum Gasteiger partial charge on any atom is -0.378 e. The molecule has 0 bridgehead atoms. The fraction of sp³-hybridized carbons (Fsp3) is 0.812. The van der Waals surface area contributed by atoms with Crippen molar-refractivity contribution in [1.82, 2.24) is 20.0 Å². The van der Waals surface area contributed by atoms with Crippen LogP contribution in [-0.2, 0) is 19.1 Å². The van der Waals surface area contributed by atoms with Crippen LogP contribution in [-0.4, -0.2) is 97.5 Å². The van der Waals surface area contributed by atoms with Gasteiger partial charge in [0.05, 0.1) is 19.8 Å². The summed E-state index contributed by atoms with van der Waals surface area (Å²) in [7, 11) is 0. The van der Waals surface area contributed by atoms with E-state index in [-0.39, 0.29) is 23.8 Å². The number of nitrogens with one attached hydrogen (secondary N) is 1. The standard InChI is InChI=1S/C16H26N4O4/c21-14-3-2-13(17-14)16(23)20-5-1-4-18(6-7-20)12-15(22)19-8-10-24-11-9-19/h13H,1-12H2,(H,17,21). The monoisotopic (exact) mass is 338 g/mol. The van der Waals surface area contributed by atoms with Gasteiger partial charge >= 0.3 is 0 Å². The molecule has 3 fully saturated rings. The Morgan fingerprint density at radius 2 is 1.83 bits per heavy atom. The van der Waals surface area contributed by atoms with Crippen LogP contribution >= 0.6 is 0 Å². The number of hydrogen-bond acceptors (Lipinski definition) is 5. The summed E-state index contributed by atoms with van der Waals surface area (Å²) >= 11 is 0. The highest BCUT2D eigenvalue weighted by atomic mass is 16.5. The molecule has 0 saturated carbocycles. The number of hydrogen-bond donors (Lipinski definition) is 1. The van der Waals surface area contributed by atoms with Gasteiger partial charge in [-0.1, -0.05) is 0 Å². The molecular formula is C16H26N4O4. The van der Waals surface area contributed by atoms with E-state index >= 15 is 0 Å². The lowest BCUT2D eigenvalue weighted by Gasteiger charge is -2.29. The van der Waals surface area contributed by atoms with E-state index < -0.39 is 0 Å². The Balaban J connectivity index is 1.47. The SMILES string of the molecule is O=C1CCC(C(=O)N2CCCN(CC(=O)N3CCOCC3)CC2)N1. The predicted octanol–water partition coefficient (Wildman–Crippen LogP) is -1.34. The van der Waals surface area contributed by atoms with E-state index in [0.29, 0.717) is 65.3 Å². The van der Waals surface area contributed by atoms with Crippen LogP contribution in [0.5, 0.6) is 0 Å². The zero-order chi connectivity index (χ0) is 16.9. The van der Waals surface area contributed by atoms with E-state index in [4.69, 9.17) is 4.74 Å². The molecule has 3 heterocycles. The summed E-state index contributed by atoms with van der Waals surface area (Å²) in [6.07, 6.45) is 1.88. The van der Waals surface area contributed by atoms with Crippen molar-refractivity contribution in [2.24, 2.45) is 0 Å². The topological polar surface area (TPSA) is 82.2 Å². The fourth-order valence-corrected chi connectivity index (χ4v) is 3.47. The first-order chi connectivity index (χ1) is 11.6. The summed E-state index contributed by atoms with van der Waals surface area (Å²) in [5, 5.41) is 2.74. The molecule has 1 N–H and O–H groups in total. The minimum atomic E-state index is -0.362. The quantitative estimate of drug-likeness (QED) is 0.689. The third kappa shape index (κ3) is 4.24. The lowest BCUT2D eigenvalue weighted by Crippen LogP contribution is -2.47. The Hall–Kier alpha value is -1.67. The summed E-state index contributed by atoms with van der Waals surface area (Å²) in [4.78, 5) is 41.9. The van der Waals surface area contributed by atoms with Gasteiger partial charge in [0.15, 0.2) is 0 Å². The number of ether oxygens (including phenoxy) is 1. The van der Waals surface area contributed by atoms with E-state index in [1.54, 1.807) is 0 Å². The van der Waals surface area contributed by atoms with Crippen molar-refractivity contribution in [1.29, 1.82) is 0 Å². The number of carbonyl (C=O) groups excluding carboxylic acids is 3. The molecule has 3 aliphatic heterocycles. The fourth-order valence-electron chi connectivity index (χ4n) is 3.47. The minimum absolute atomic E-state index is 0.0159. The maximum absolute atomic E-state index is 12.5. The van der Waals surface area contributed by atoms with E-state index in [9.17, 15) is 14.4 Å². The first-order valence-corrected chi connectivity index (χ1v) is 8.79.